The van der Waals surface area contributed by atoms with E-state index >= 15 is 0 Å². The lowest BCUT2D eigenvalue weighted by Gasteiger charge is -2.39. The van der Waals surface area contributed by atoms with Gasteiger partial charge in [-0.1, -0.05) is 6.92 Å². The molecule has 1 aromatic heterocycles. The molecule has 24 heavy (non-hydrogen) atoms. The number of aryl methyl sites for hydroxylation is 1. The highest BCUT2D eigenvalue weighted by Gasteiger charge is 2.29. The molecule has 0 aliphatic carbocycles. The summed E-state index contributed by atoms with van der Waals surface area (Å²) in [4.78, 5) is 23.9. The predicted octanol–water partition coefficient (Wildman–Crippen LogP) is 0.886. The molecule has 2 fully saturated rings. The van der Waals surface area contributed by atoms with Crippen LogP contribution in [0.5, 0.6) is 0 Å². The summed E-state index contributed by atoms with van der Waals surface area (Å²) in [5, 5.41) is 7.22. The highest BCUT2D eigenvalue weighted by atomic mass is 16.2. The van der Waals surface area contributed by atoms with Gasteiger partial charge in [-0.05, 0) is 26.2 Å². The summed E-state index contributed by atoms with van der Waals surface area (Å²) in [6.07, 6.45) is 4.44. The van der Waals surface area contributed by atoms with Gasteiger partial charge in [0.05, 0.1) is 12.6 Å². The number of rotatable bonds is 5. The molecule has 0 spiro atoms. The molecule has 0 radical (unpaired) electrons. The molecule has 0 saturated carbocycles. The molecule has 1 N–H and O–H groups in total. The van der Waals surface area contributed by atoms with E-state index in [1.165, 1.54) is 6.42 Å². The van der Waals surface area contributed by atoms with E-state index in [1.54, 1.807) is 0 Å². The van der Waals surface area contributed by atoms with Gasteiger partial charge in [0.25, 0.3) is 0 Å². The molecule has 1 atom stereocenters. The molecule has 0 bridgehead atoms. The average molecular weight is 334 g/mol. The monoisotopic (exact) mass is 334 g/mol. The molecule has 2 aliphatic heterocycles. The molecule has 1 aromatic rings. The molecule has 7 nitrogen and oxygen atoms in total. The van der Waals surface area contributed by atoms with Crippen LogP contribution in [0.25, 0.3) is 0 Å². The number of hydrogen-bond donors (Lipinski definition) is 1. The Bertz CT molecular complexity index is 531. The van der Waals surface area contributed by atoms with E-state index in [2.05, 4.69) is 43.7 Å². The van der Waals surface area contributed by atoms with Crippen molar-refractivity contribution in [3.63, 3.8) is 0 Å². The molecule has 1 amide bonds. The largest absolute Gasteiger partial charge is 0.341 e. The second-order valence-electron chi connectivity index (χ2n) is 6.93. The summed E-state index contributed by atoms with van der Waals surface area (Å²) in [6.45, 7) is 10.6. The summed E-state index contributed by atoms with van der Waals surface area (Å²) < 4.78 is 0. The van der Waals surface area contributed by atoms with Gasteiger partial charge >= 0.3 is 0 Å². The molecule has 3 heterocycles. The third-order valence-electron chi connectivity index (χ3n) is 5.25. The maximum absolute atomic E-state index is 12.7. The summed E-state index contributed by atoms with van der Waals surface area (Å²) in [5.74, 6) is 2.13. The van der Waals surface area contributed by atoms with E-state index in [-0.39, 0.29) is 6.04 Å². The van der Waals surface area contributed by atoms with Crippen molar-refractivity contribution in [2.75, 3.05) is 39.3 Å². The molecular formula is C17H30N6O. The van der Waals surface area contributed by atoms with Gasteiger partial charge in [-0.15, -0.1) is 0 Å². The van der Waals surface area contributed by atoms with Crippen molar-refractivity contribution in [3.8, 4) is 0 Å². The van der Waals surface area contributed by atoms with Crippen molar-refractivity contribution in [2.45, 2.75) is 52.1 Å². The molecule has 0 unspecified atom stereocenters. The zero-order chi connectivity index (χ0) is 16.9. The zero-order valence-electron chi connectivity index (χ0n) is 15.0. The Kier molecular flexibility index (Phi) is 5.84. The highest BCUT2D eigenvalue weighted by molar-refractivity contribution is 5.81. The fourth-order valence-corrected chi connectivity index (χ4v) is 3.62. The number of nitrogens with zero attached hydrogens (tertiary/aromatic N) is 5. The first kappa shape index (κ1) is 17.4. The highest BCUT2D eigenvalue weighted by Crippen LogP contribution is 2.14. The van der Waals surface area contributed by atoms with Crippen molar-refractivity contribution in [1.82, 2.24) is 29.9 Å². The van der Waals surface area contributed by atoms with E-state index < -0.39 is 0 Å². The van der Waals surface area contributed by atoms with Gasteiger partial charge in [-0.3, -0.25) is 19.7 Å². The lowest BCUT2D eigenvalue weighted by atomic mass is 10.1. The molecule has 2 aliphatic rings. The molecule has 3 rings (SSSR count). The third-order valence-corrected chi connectivity index (χ3v) is 5.25. The van der Waals surface area contributed by atoms with Gasteiger partial charge in [0, 0.05) is 45.7 Å². The molecule has 134 valence electrons. The number of nitrogens with one attached hydrogen (secondary N) is 1. The number of carbonyl (C=O) groups excluding carboxylic acids is 1. The Morgan fingerprint density at radius 1 is 1.12 bits per heavy atom. The first-order valence-corrected chi connectivity index (χ1v) is 9.32. The van der Waals surface area contributed by atoms with Crippen molar-refractivity contribution >= 4 is 5.91 Å². The smallest absolute Gasteiger partial charge is 0.239 e. The number of aromatic nitrogens is 3. The number of H-pyrrole nitrogens is 1. The minimum Gasteiger partial charge on any atom is -0.341 e. The number of aromatic amines is 1. The number of piperazine rings is 1. The molecule has 0 aromatic carbocycles. The summed E-state index contributed by atoms with van der Waals surface area (Å²) in [6, 6.07) is 0.00206. The Balaban J connectivity index is 1.46. The Hall–Kier alpha value is -1.47. The van der Waals surface area contributed by atoms with E-state index in [1.807, 2.05) is 0 Å². The maximum Gasteiger partial charge on any atom is 0.239 e. The Morgan fingerprint density at radius 2 is 1.83 bits per heavy atom. The van der Waals surface area contributed by atoms with Crippen LogP contribution in [0.2, 0.25) is 0 Å². The minimum absolute atomic E-state index is 0.00206. The standard InChI is InChI=1S/C17H30N6O/c1-3-15-18-16(20-19-15)13-21-9-11-22(12-10-21)14(2)17(24)23-7-5-4-6-8-23/h14H,3-13H2,1-2H3,(H,18,19,20)/t14-/m0/s1. The van der Waals surface area contributed by atoms with Crippen LogP contribution in [0.15, 0.2) is 0 Å². The number of hydrogen-bond acceptors (Lipinski definition) is 5. The van der Waals surface area contributed by atoms with E-state index in [4.69, 9.17) is 0 Å². The van der Waals surface area contributed by atoms with Gasteiger partial charge < -0.3 is 4.90 Å². The molecule has 2 saturated heterocycles. The van der Waals surface area contributed by atoms with Crippen molar-refractivity contribution in [3.05, 3.63) is 11.6 Å². The fraction of sp³-hybridized carbons (Fsp3) is 0.824. The second-order valence-corrected chi connectivity index (χ2v) is 6.93. The summed E-state index contributed by atoms with van der Waals surface area (Å²) in [5.41, 5.74) is 0. The van der Waals surface area contributed by atoms with Crippen LogP contribution >= 0.6 is 0 Å². The van der Waals surface area contributed by atoms with E-state index in [0.717, 1.165) is 76.7 Å². The first-order valence-electron chi connectivity index (χ1n) is 9.32. The lowest BCUT2D eigenvalue weighted by Crippen LogP contribution is -2.54. The predicted molar refractivity (Wildman–Crippen MR) is 92.5 cm³/mol. The van der Waals surface area contributed by atoms with Crippen molar-refractivity contribution < 1.29 is 4.79 Å². The average Bonchev–Trinajstić information content (AvgIpc) is 3.09. The topological polar surface area (TPSA) is 68.4 Å². The SMILES string of the molecule is CCc1n[nH]c(CN2CCN([C@@H](C)C(=O)N3CCCCC3)CC2)n1. The third kappa shape index (κ3) is 4.13. The van der Waals surface area contributed by atoms with Crippen molar-refractivity contribution in [2.24, 2.45) is 0 Å². The van der Waals surface area contributed by atoms with E-state index in [0.29, 0.717) is 5.91 Å². The van der Waals surface area contributed by atoms with Crippen LogP contribution in [0.1, 0.15) is 44.8 Å². The second kappa shape index (κ2) is 8.07. The summed E-state index contributed by atoms with van der Waals surface area (Å²) >= 11 is 0. The zero-order valence-corrected chi connectivity index (χ0v) is 15.0. The van der Waals surface area contributed by atoms with Gasteiger partial charge in [-0.25, -0.2) is 4.98 Å². The molecular weight excluding hydrogens is 304 g/mol. The Morgan fingerprint density at radius 3 is 2.46 bits per heavy atom. The van der Waals surface area contributed by atoms with Gasteiger partial charge in [0.15, 0.2) is 0 Å². The van der Waals surface area contributed by atoms with Gasteiger partial charge in [0.2, 0.25) is 5.91 Å². The van der Waals surface area contributed by atoms with Crippen molar-refractivity contribution in [1.29, 1.82) is 0 Å². The number of amides is 1. The quantitative estimate of drug-likeness (QED) is 0.866. The lowest BCUT2D eigenvalue weighted by molar-refractivity contribution is -0.138. The Labute approximate surface area is 144 Å². The number of piperidine rings is 1. The van der Waals surface area contributed by atoms with Crippen LogP contribution < -0.4 is 0 Å². The van der Waals surface area contributed by atoms with Crippen LogP contribution in [0.3, 0.4) is 0 Å². The van der Waals surface area contributed by atoms with Gasteiger partial charge in [0.1, 0.15) is 11.6 Å². The number of likely N-dealkylation sites (tertiary alicyclic amines) is 1. The minimum atomic E-state index is 0.00206. The summed E-state index contributed by atoms with van der Waals surface area (Å²) in [7, 11) is 0. The maximum atomic E-state index is 12.7. The van der Waals surface area contributed by atoms with Crippen LogP contribution in [-0.4, -0.2) is 81.1 Å². The molecule has 7 heteroatoms. The fourth-order valence-electron chi connectivity index (χ4n) is 3.62. The van der Waals surface area contributed by atoms with E-state index in [9.17, 15) is 4.79 Å². The first-order chi connectivity index (χ1) is 11.7. The van der Waals surface area contributed by atoms with Crippen LogP contribution in [-0.2, 0) is 17.8 Å². The normalized spacial score (nSPS) is 21.8. The van der Waals surface area contributed by atoms with Crippen LogP contribution in [0.4, 0.5) is 0 Å². The van der Waals surface area contributed by atoms with Crippen LogP contribution in [0, 0.1) is 0 Å². The van der Waals surface area contributed by atoms with Gasteiger partial charge in [-0.2, -0.15) is 5.10 Å². The number of carbonyl (C=O) groups is 1.